The Bertz CT molecular complexity index is 353. The molecule has 2 heterocycles. The van der Waals surface area contributed by atoms with Gasteiger partial charge in [-0.3, -0.25) is 9.59 Å². The Morgan fingerprint density at radius 1 is 1.35 bits per heavy atom. The first-order valence-corrected chi connectivity index (χ1v) is 7.91. The fourth-order valence-corrected chi connectivity index (χ4v) is 3.39. The van der Waals surface area contributed by atoms with E-state index in [2.05, 4.69) is 17.6 Å². The van der Waals surface area contributed by atoms with Gasteiger partial charge in [-0.05, 0) is 44.2 Å². The lowest BCUT2D eigenvalue weighted by Gasteiger charge is -2.36. The van der Waals surface area contributed by atoms with E-state index in [-0.39, 0.29) is 17.9 Å². The highest BCUT2D eigenvalue weighted by Gasteiger charge is 2.33. The monoisotopic (exact) mass is 281 g/mol. The highest BCUT2D eigenvalue weighted by molar-refractivity contribution is 5.88. The van der Waals surface area contributed by atoms with Gasteiger partial charge >= 0.3 is 0 Å². The quantitative estimate of drug-likeness (QED) is 0.799. The number of carbonyl (C=O) groups excluding carboxylic acids is 2. The number of hydrogen-bond acceptors (Lipinski definition) is 3. The summed E-state index contributed by atoms with van der Waals surface area (Å²) in [5, 5.41) is 6.20. The van der Waals surface area contributed by atoms with E-state index in [0.717, 1.165) is 25.9 Å². The number of amides is 2. The molecule has 20 heavy (non-hydrogen) atoms. The number of carbonyl (C=O) groups is 2. The molecular weight excluding hydrogens is 254 g/mol. The molecule has 0 bridgehead atoms. The molecule has 2 aliphatic rings. The fourth-order valence-electron chi connectivity index (χ4n) is 3.39. The van der Waals surface area contributed by atoms with Crippen LogP contribution in [0.5, 0.6) is 0 Å². The summed E-state index contributed by atoms with van der Waals surface area (Å²) in [6.07, 6.45) is 3.59. The van der Waals surface area contributed by atoms with Gasteiger partial charge in [0, 0.05) is 19.5 Å². The van der Waals surface area contributed by atoms with Crippen LogP contribution in [0.1, 0.15) is 39.5 Å². The van der Waals surface area contributed by atoms with Crippen LogP contribution in [0.4, 0.5) is 0 Å². The Morgan fingerprint density at radius 3 is 2.70 bits per heavy atom. The summed E-state index contributed by atoms with van der Waals surface area (Å²) < 4.78 is 0. The summed E-state index contributed by atoms with van der Waals surface area (Å²) in [6.45, 7) is 7.51. The fraction of sp³-hybridized carbons (Fsp3) is 0.867. The predicted molar refractivity (Wildman–Crippen MR) is 78.2 cm³/mol. The minimum atomic E-state index is -0.267. The van der Waals surface area contributed by atoms with Crippen molar-refractivity contribution >= 4 is 11.8 Å². The van der Waals surface area contributed by atoms with Gasteiger partial charge in [0.1, 0.15) is 6.04 Å². The Kier molecular flexibility index (Phi) is 5.40. The molecule has 0 aromatic heterocycles. The van der Waals surface area contributed by atoms with Crippen molar-refractivity contribution in [1.82, 2.24) is 15.5 Å². The van der Waals surface area contributed by atoms with E-state index in [1.807, 2.05) is 6.92 Å². The van der Waals surface area contributed by atoms with Gasteiger partial charge in [0.25, 0.3) is 0 Å². The molecule has 114 valence electrons. The highest BCUT2D eigenvalue weighted by Crippen LogP contribution is 2.25. The number of hydrogen-bond donors (Lipinski definition) is 2. The minimum absolute atomic E-state index is 0.00150. The summed E-state index contributed by atoms with van der Waals surface area (Å²) in [5.41, 5.74) is 0. The zero-order chi connectivity index (χ0) is 14.5. The molecule has 2 rings (SSSR count). The van der Waals surface area contributed by atoms with Gasteiger partial charge in [-0.15, -0.1) is 0 Å². The molecule has 0 aromatic carbocycles. The van der Waals surface area contributed by atoms with E-state index in [0.29, 0.717) is 37.8 Å². The van der Waals surface area contributed by atoms with E-state index in [9.17, 15) is 9.59 Å². The smallest absolute Gasteiger partial charge is 0.242 e. The molecule has 2 unspecified atom stereocenters. The van der Waals surface area contributed by atoms with Gasteiger partial charge < -0.3 is 15.5 Å². The predicted octanol–water partition coefficient (Wildman–Crippen LogP) is 0.749. The topological polar surface area (TPSA) is 61.4 Å². The number of nitrogens with zero attached hydrogens (tertiary/aromatic N) is 1. The lowest BCUT2D eigenvalue weighted by molar-refractivity contribution is -0.144. The number of nitrogens with one attached hydrogen (secondary N) is 2. The lowest BCUT2D eigenvalue weighted by Crippen LogP contribution is -2.57. The SMILES string of the molecule is CCC1C(=O)NCCN1C(=O)CC(C)C1CCNCC1. The lowest BCUT2D eigenvalue weighted by atomic mass is 9.83. The van der Waals surface area contributed by atoms with Crippen molar-refractivity contribution in [3.63, 3.8) is 0 Å². The van der Waals surface area contributed by atoms with Gasteiger partial charge in [0.15, 0.2) is 0 Å². The molecule has 2 fully saturated rings. The Balaban J connectivity index is 1.90. The first-order valence-electron chi connectivity index (χ1n) is 7.91. The summed E-state index contributed by atoms with van der Waals surface area (Å²) in [6, 6.07) is -0.267. The van der Waals surface area contributed by atoms with Crippen molar-refractivity contribution < 1.29 is 9.59 Å². The zero-order valence-corrected chi connectivity index (χ0v) is 12.7. The van der Waals surface area contributed by atoms with Crippen LogP contribution in [0.2, 0.25) is 0 Å². The molecule has 0 radical (unpaired) electrons. The third kappa shape index (κ3) is 3.51. The van der Waals surface area contributed by atoms with Gasteiger partial charge in [-0.2, -0.15) is 0 Å². The normalized spacial score (nSPS) is 26.2. The van der Waals surface area contributed by atoms with E-state index in [1.54, 1.807) is 4.90 Å². The van der Waals surface area contributed by atoms with E-state index in [4.69, 9.17) is 0 Å². The number of piperidine rings is 1. The van der Waals surface area contributed by atoms with Crippen molar-refractivity contribution in [2.45, 2.75) is 45.6 Å². The standard InChI is InChI=1S/C15H27N3O2/c1-3-13-15(20)17-8-9-18(13)14(19)10-11(2)12-4-6-16-7-5-12/h11-13,16H,3-10H2,1-2H3,(H,17,20). The maximum absolute atomic E-state index is 12.5. The maximum atomic E-state index is 12.5. The molecule has 2 N–H and O–H groups in total. The molecule has 2 atom stereocenters. The zero-order valence-electron chi connectivity index (χ0n) is 12.7. The number of rotatable bonds is 4. The summed E-state index contributed by atoms with van der Waals surface area (Å²) in [4.78, 5) is 26.1. The van der Waals surface area contributed by atoms with Crippen LogP contribution in [0.3, 0.4) is 0 Å². The molecule has 0 saturated carbocycles. The maximum Gasteiger partial charge on any atom is 0.242 e. The van der Waals surface area contributed by atoms with Gasteiger partial charge in [0.05, 0.1) is 0 Å². The molecule has 5 nitrogen and oxygen atoms in total. The second-order valence-electron chi connectivity index (χ2n) is 6.07. The summed E-state index contributed by atoms with van der Waals surface area (Å²) in [7, 11) is 0. The molecule has 0 aromatic rings. The van der Waals surface area contributed by atoms with Crippen LogP contribution >= 0.6 is 0 Å². The highest BCUT2D eigenvalue weighted by atomic mass is 16.2. The van der Waals surface area contributed by atoms with E-state index in [1.165, 1.54) is 0 Å². The first-order chi connectivity index (χ1) is 9.63. The van der Waals surface area contributed by atoms with Crippen molar-refractivity contribution in [3.05, 3.63) is 0 Å². The second-order valence-corrected chi connectivity index (χ2v) is 6.07. The van der Waals surface area contributed by atoms with Crippen LogP contribution in [-0.4, -0.2) is 48.9 Å². The average Bonchev–Trinajstić information content (AvgIpc) is 2.47. The van der Waals surface area contributed by atoms with Crippen molar-refractivity contribution in [2.75, 3.05) is 26.2 Å². The van der Waals surface area contributed by atoms with E-state index < -0.39 is 0 Å². The molecule has 0 aliphatic carbocycles. The molecule has 2 aliphatic heterocycles. The van der Waals surface area contributed by atoms with Gasteiger partial charge in [-0.1, -0.05) is 13.8 Å². The van der Waals surface area contributed by atoms with Crippen LogP contribution in [-0.2, 0) is 9.59 Å². The molecule has 2 amide bonds. The Labute approximate surface area is 121 Å². The average molecular weight is 281 g/mol. The van der Waals surface area contributed by atoms with Crippen molar-refractivity contribution in [3.8, 4) is 0 Å². The molecular formula is C15H27N3O2. The molecule has 2 saturated heterocycles. The van der Waals surface area contributed by atoms with Gasteiger partial charge in [-0.25, -0.2) is 0 Å². The van der Waals surface area contributed by atoms with Gasteiger partial charge in [0.2, 0.25) is 11.8 Å². The Hall–Kier alpha value is -1.10. The third-order valence-electron chi connectivity index (χ3n) is 4.72. The molecule has 5 heteroatoms. The summed E-state index contributed by atoms with van der Waals surface area (Å²) in [5.74, 6) is 1.20. The van der Waals surface area contributed by atoms with Crippen molar-refractivity contribution in [1.29, 1.82) is 0 Å². The molecule has 0 spiro atoms. The van der Waals surface area contributed by atoms with Crippen molar-refractivity contribution in [2.24, 2.45) is 11.8 Å². The first kappa shape index (κ1) is 15.3. The minimum Gasteiger partial charge on any atom is -0.353 e. The van der Waals surface area contributed by atoms with Crippen LogP contribution < -0.4 is 10.6 Å². The largest absolute Gasteiger partial charge is 0.353 e. The van der Waals surface area contributed by atoms with Crippen LogP contribution in [0.15, 0.2) is 0 Å². The Morgan fingerprint density at radius 2 is 2.05 bits per heavy atom. The van der Waals surface area contributed by atoms with Crippen LogP contribution in [0.25, 0.3) is 0 Å². The van der Waals surface area contributed by atoms with E-state index >= 15 is 0 Å². The summed E-state index contributed by atoms with van der Waals surface area (Å²) >= 11 is 0. The third-order valence-corrected chi connectivity index (χ3v) is 4.72. The van der Waals surface area contributed by atoms with Crippen LogP contribution in [0, 0.1) is 11.8 Å². The number of piperazine rings is 1. The second kappa shape index (κ2) is 7.07.